The molecule has 10 heteroatoms. The predicted molar refractivity (Wildman–Crippen MR) is 133 cm³/mol. The third-order valence-corrected chi connectivity index (χ3v) is 6.68. The number of hydrogen-bond donors (Lipinski definition) is 3. The molecule has 1 aromatic rings. The molecule has 2 saturated heterocycles. The molecule has 0 saturated carbocycles. The fraction of sp³-hybridized carbons (Fsp3) is 0.783. The van der Waals surface area contributed by atoms with Crippen molar-refractivity contribution in [3.8, 4) is 0 Å². The Bertz CT molecular complexity index is 697. The van der Waals surface area contributed by atoms with Crippen molar-refractivity contribution in [2.45, 2.75) is 0 Å². The number of nitrogen functional groups attached to an aromatic ring is 1. The molecule has 0 amide bonds. The highest BCUT2D eigenvalue weighted by Gasteiger charge is 2.23. The summed E-state index contributed by atoms with van der Waals surface area (Å²) >= 11 is 0. The van der Waals surface area contributed by atoms with Crippen LogP contribution in [0.25, 0.3) is 0 Å². The van der Waals surface area contributed by atoms with E-state index >= 15 is 0 Å². The van der Waals surface area contributed by atoms with Gasteiger partial charge in [0.2, 0.25) is 0 Å². The van der Waals surface area contributed by atoms with Crippen molar-refractivity contribution in [3.05, 3.63) is 12.3 Å². The van der Waals surface area contributed by atoms with Gasteiger partial charge in [-0.25, -0.2) is 4.98 Å². The van der Waals surface area contributed by atoms with Gasteiger partial charge in [-0.15, -0.1) is 0 Å². The molecule has 10 nitrogen and oxygen atoms in total. The van der Waals surface area contributed by atoms with Crippen molar-refractivity contribution < 1.29 is 9.47 Å². The van der Waals surface area contributed by atoms with Gasteiger partial charge in [0, 0.05) is 91.6 Å². The summed E-state index contributed by atoms with van der Waals surface area (Å²) in [5.41, 5.74) is 7.98. The second-order valence-electron chi connectivity index (χ2n) is 8.99. The number of hydrogen-bond acceptors (Lipinski definition) is 10. The molecule has 0 unspecified atom stereocenters. The summed E-state index contributed by atoms with van der Waals surface area (Å²) in [6.45, 7) is 17.6. The van der Waals surface area contributed by atoms with Crippen molar-refractivity contribution >= 4 is 17.2 Å². The lowest BCUT2D eigenvalue weighted by Gasteiger charge is -2.38. The van der Waals surface area contributed by atoms with Crippen LogP contribution in [0.15, 0.2) is 12.3 Å². The number of anilines is 3. The van der Waals surface area contributed by atoms with Gasteiger partial charge < -0.3 is 35.6 Å². The van der Waals surface area contributed by atoms with E-state index in [0.717, 1.165) is 135 Å². The van der Waals surface area contributed by atoms with Crippen molar-refractivity contribution in [1.82, 2.24) is 25.4 Å². The number of ether oxygens (including phenoxy) is 2. The highest BCUT2D eigenvalue weighted by Crippen LogP contribution is 2.31. The van der Waals surface area contributed by atoms with Crippen molar-refractivity contribution in [3.63, 3.8) is 0 Å². The summed E-state index contributed by atoms with van der Waals surface area (Å²) in [4.78, 5) is 14.4. The third kappa shape index (κ3) is 7.66. The van der Waals surface area contributed by atoms with Crippen LogP contribution < -0.4 is 26.2 Å². The summed E-state index contributed by atoms with van der Waals surface area (Å²) in [6, 6.07) is 2.08. The Morgan fingerprint density at radius 3 is 1.85 bits per heavy atom. The van der Waals surface area contributed by atoms with E-state index in [4.69, 9.17) is 20.2 Å². The molecule has 0 atom stereocenters. The van der Waals surface area contributed by atoms with Gasteiger partial charge in [0.25, 0.3) is 0 Å². The van der Waals surface area contributed by atoms with Gasteiger partial charge >= 0.3 is 0 Å². The lowest BCUT2D eigenvalue weighted by Crippen LogP contribution is -2.47. The summed E-state index contributed by atoms with van der Waals surface area (Å²) in [5, 5.41) is 7.20. The highest BCUT2D eigenvalue weighted by atomic mass is 16.5. The van der Waals surface area contributed by atoms with Crippen LogP contribution in [0.3, 0.4) is 0 Å². The lowest BCUT2D eigenvalue weighted by atomic mass is 10.2. The Balaban J connectivity index is 1.18. The monoisotopic (exact) mass is 462 g/mol. The molecular weight excluding hydrogens is 420 g/mol. The van der Waals surface area contributed by atoms with Crippen LogP contribution in [0.1, 0.15) is 0 Å². The minimum absolute atomic E-state index is 0.726. The smallest absolute Gasteiger partial charge is 0.152 e. The number of nitrogens with one attached hydrogen (secondary N) is 2. The predicted octanol–water partition coefficient (Wildman–Crippen LogP) is -0.866. The minimum Gasteiger partial charge on any atom is -0.397 e. The van der Waals surface area contributed by atoms with E-state index in [1.54, 1.807) is 6.20 Å². The van der Waals surface area contributed by atoms with Crippen molar-refractivity contribution in [1.29, 1.82) is 0 Å². The number of nitrogens with two attached hydrogens (primary N) is 1. The van der Waals surface area contributed by atoms with Crippen LogP contribution in [0.4, 0.5) is 17.2 Å². The standard InChI is InChI=1S/C23H42N8O2/c24-21-19-22-23(27-20-21)31(8-4-26-2-6-29-13-17-33-18-14-29)10-9-30(22)7-3-25-1-5-28-11-15-32-16-12-28/h19-20,25-26H,1-18,24H2. The molecular formula is C23H42N8O2. The maximum Gasteiger partial charge on any atom is 0.152 e. The number of morpholine rings is 2. The van der Waals surface area contributed by atoms with Crippen LogP contribution in [-0.2, 0) is 9.47 Å². The molecule has 4 heterocycles. The molecule has 0 bridgehead atoms. The molecule has 0 radical (unpaired) electrons. The van der Waals surface area contributed by atoms with Gasteiger partial charge in [0.05, 0.1) is 44.0 Å². The van der Waals surface area contributed by atoms with E-state index in [0.29, 0.717) is 0 Å². The van der Waals surface area contributed by atoms with E-state index in [-0.39, 0.29) is 0 Å². The Morgan fingerprint density at radius 1 is 0.727 bits per heavy atom. The quantitative estimate of drug-likeness (QED) is 0.341. The summed E-state index contributed by atoms with van der Waals surface area (Å²) in [7, 11) is 0. The van der Waals surface area contributed by atoms with Crippen molar-refractivity contribution in [2.75, 3.05) is 134 Å². The molecule has 0 spiro atoms. The van der Waals surface area contributed by atoms with Gasteiger partial charge in [-0.2, -0.15) is 0 Å². The van der Waals surface area contributed by atoms with E-state index in [9.17, 15) is 0 Å². The van der Waals surface area contributed by atoms with Crippen molar-refractivity contribution in [2.24, 2.45) is 0 Å². The number of nitrogens with zero attached hydrogens (tertiary/aromatic N) is 5. The molecule has 0 aliphatic carbocycles. The zero-order valence-corrected chi connectivity index (χ0v) is 20.0. The maximum atomic E-state index is 6.09. The molecule has 4 N–H and O–H groups in total. The Kier molecular flexibility index (Phi) is 9.82. The number of pyridine rings is 1. The topological polar surface area (TPSA) is 94.4 Å². The minimum atomic E-state index is 0.726. The number of fused-ring (bicyclic) bond motifs is 1. The zero-order chi connectivity index (χ0) is 22.7. The highest BCUT2D eigenvalue weighted by molar-refractivity contribution is 5.72. The molecule has 2 fully saturated rings. The van der Waals surface area contributed by atoms with E-state index < -0.39 is 0 Å². The normalized spacial score (nSPS) is 20.2. The van der Waals surface area contributed by atoms with Gasteiger partial charge in [0.1, 0.15) is 0 Å². The summed E-state index contributed by atoms with van der Waals surface area (Å²) in [6.07, 6.45) is 1.78. The van der Waals surface area contributed by atoms with Gasteiger partial charge in [0.15, 0.2) is 5.82 Å². The van der Waals surface area contributed by atoms with E-state index in [1.165, 1.54) is 0 Å². The van der Waals surface area contributed by atoms with Crippen LogP contribution in [0.5, 0.6) is 0 Å². The average Bonchev–Trinajstić information content (AvgIpc) is 2.85. The number of rotatable bonds is 12. The first-order valence-electron chi connectivity index (χ1n) is 12.6. The maximum absolute atomic E-state index is 6.09. The third-order valence-electron chi connectivity index (χ3n) is 6.68. The molecule has 0 aromatic carbocycles. The number of aromatic nitrogens is 1. The molecule has 4 rings (SSSR count). The van der Waals surface area contributed by atoms with Crippen LogP contribution >= 0.6 is 0 Å². The van der Waals surface area contributed by atoms with E-state index in [1.807, 2.05) is 0 Å². The van der Waals surface area contributed by atoms with Gasteiger partial charge in [-0.3, -0.25) is 9.80 Å². The fourth-order valence-corrected chi connectivity index (χ4v) is 4.66. The molecule has 33 heavy (non-hydrogen) atoms. The Hall–Kier alpha value is -1.69. The molecule has 186 valence electrons. The lowest BCUT2D eigenvalue weighted by molar-refractivity contribution is 0.0384. The second kappa shape index (κ2) is 13.3. The Labute approximate surface area is 198 Å². The largest absolute Gasteiger partial charge is 0.397 e. The van der Waals surface area contributed by atoms with Crippen LogP contribution in [0, 0.1) is 0 Å². The Morgan fingerprint density at radius 2 is 1.24 bits per heavy atom. The van der Waals surface area contributed by atoms with Gasteiger partial charge in [-0.1, -0.05) is 0 Å². The summed E-state index contributed by atoms with van der Waals surface area (Å²) in [5.74, 6) is 1.05. The van der Waals surface area contributed by atoms with E-state index in [2.05, 4.69) is 36.3 Å². The molecule has 3 aliphatic rings. The SMILES string of the molecule is Nc1cnc2c(c1)N(CCNCCN1CCOCC1)CCN2CCNCCN1CCOCC1. The first-order chi connectivity index (χ1) is 16.3. The molecule has 1 aromatic heterocycles. The average molecular weight is 463 g/mol. The fourth-order valence-electron chi connectivity index (χ4n) is 4.66. The summed E-state index contributed by atoms with van der Waals surface area (Å²) < 4.78 is 10.8. The van der Waals surface area contributed by atoms with Crippen LogP contribution in [0.2, 0.25) is 0 Å². The molecule has 3 aliphatic heterocycles. The first kappa shape index (κ1) is 24.4. The van der Waals surface area contributed by atoms with Crippen LogP contribution in [-0.4, -0.2) is 133 Å². The zero-order valence-electron chi connectivity index (χ0n) is 20.0. The second-order valence-corrected chi connectivity index (χ2v) is 8.99. The first-order valence-corrected chi connectivity index (χ1v) is 12.6. The van der Waals surface area contributed by atoms with Gasteiger partial charge in [-0.05, 0) is 6.07 Å².